The molecule has 0 spiro atoms. The van der Waals surface area contributed by atoms with Gasteiger partial charge in [0.25, 0.3) is 5.19 Å². The van der Waals surface area contributed by atoms with E-state index in [-0.39, 0.29) is 6.10 Å². The van der Waals surface area contributed by atoms with Crippen molar-refractivity contribution in [2.24, 2.45) is 5.73 Å². The van der Waals surface area contributed by atoms with Gasteiger partial charge in [0.2, 0.25) is 0 Å². The van der Waals surface area contributed by atoms with Crippen molar-refractivity contribution in [2.45, 2.75) is 25.0 Å². The molecule has 4 heteroatoms. The fourth-order valence-corrected chi connectivity index (χ4v) is 2.63. The molecule has 0 radical (unpaired) electrons. The number of para-hydroxylation sites is 1. The second-order valence-electron chi connectivity index (χ2n) is 3.92. The number of nitrogens with zero attached hydrogens (tertiary/aromatic N) is 1. The van der Waals surface area contributed by atoms with Crippen molar-refractivity contribution < 1.29 is 4.74 Å². The maximum atomic E-state index is 5.73. The van der Waals surface area contributed by atoms with Gasteiger partial charge in [-0.3, -0.25) is 0 Å². The highest BCUT2D eigenvalue weighted by molar-refractivity contribution is 7.20. The zero-order valence-electron chi connectivity index (χ0n) is 8.22. The predicted molar refractivity (Wildman–Crippen MR) is 61.2 cm³/mol. The summed E-state index contributed by atoms with van der Waals surface area (Å²) in [6, 6.07) is 8.40. The Kier molecular flexibility index (Phi) is 2.11. The number of hydrogen-bond donors (Lipinski definition) is 1. The Hall–Kier alpha value is -1.13. The van der Waals surface area contributed by atoms with E-state index in [1.165, 1.54) is 4.70 Å². The van der Waals surface area contributed by atoms with Gasteiger partial charge in [0.15, 0.2) is 0 Å². The van der Waals surface area contributed by atoms with Gasteiger partial charge in [-0.05, 0) is 25.0 Å². The molecule has 1 aliphatic rings. The van der Waals surface area contributed by atoms with Crippen LogP contribution in [0.2, 0.25) is 0 Å². The van der Waals surface area contributed by atoms with Crippen molar-refractivity contribution in [1.29, 1.82) is 0 Å². The molecular weight excluding hydrogens is 208 g/mol. The summed E-state index contributed by atoms with van der Waals surface area (Å²) in [5, 5.41) is 0.771. The van der Waals surface area contributed by atoms with E-state index >= 15 is 0 Å². The highest BCUT2D eigenvalue weighted by Crippen LogP contribution is 2.31. The zero-order chi connectivity index (χ0) is 10.3. The number of ether oxygens (including phenoxy) is 1. The minimum atomic E-state index is 0.278. The monoisotopic (exact) mass is 220 g/mol. The van der Waals surface area contributed by atoms with Crippen LogP contribution in [0.3, 0.4) is 0 Å². The van der Waals surface area contributed by atoms with Crippen molar-refractivity contribution in [2.75, 3.05) is 0 Å². The molecule has 1 heterocycles. The maximum Gasteiger partial charge on any atom is 0.274 e. The molecule has 0 unspecified atom stereocenters. The number of fused-ring (bicyclic) bond motifs is 1. The Morgan fingerprint density at radius 2 is 2.13 bits per heavy atom. The van der Waals surface area contributed by atoms with Crippen LogP contribution in [0, 0.1) is 0 Å². The van der Waals surface area contributed by atoms with E-state index in [4.69, 9.17) is 10.5 Å². The molecule has 0 saturated heterocycles. The highest BCUT2D eigenvalue weighted by Gasteiger charge is 2.28. The van der Waals surface area contributed by atoms with E-state index in [1.807, 2.05) is 18.2 Å². The Morgan fingerprint density at radius 3 is 2.87 bits per heavy atom. The lowest BCUT2D eigenvalue weighted by Crippen LogP contribution is -2.43. The fraction of sp³-hybridized carbons (Fsp3) is 0.364. The summed E-state index contributed by atoms with van der Waals surface area (Å²) in [6.07, 6.45) is 2.19. The normalized spacial score (nSPS) is 25.1. The molecule has 0 atom stereocenters. The van der Waals surface area contributed by atoms with Crippen LogP contribution in [-0.2, 0) is 0 Å². The van der Waals surface area contributed by atoms with E-state index in [0.29, 0.717) is 6.04 Å². The van der Waals surface area contributed by atoms with Crippen LogP contribution in [0.4, 0.5) is 0 Å². The fourth-order valence-electron chi connectivity index (χ4n) is 1.75. The van der Waals surface area contributed by atoms with Crippen LogP contribution in [-0.4, -0.2) is 17.1 Å². The lowest BCUT2D eigenvalue weighted by atomic mass is 9.90. The van der Waals surface area contributed by atoms with Gasteiger partial charge in [-0.15, -0.1) is 0 Å². The summed E-state index contributed by atoms with van der Waals surface area (Å²) in [4.78, 5) is 4.42. The number of hydrogen-bond acceptors (Lipinski definition) is 4. The zero-order valence-corrected chi connectivity index (χ0v) is 9.04. The van der Waals surface area contributed by atoms with Gasteiger partial charge < -0.3 is 10.5 Å². The third-order valence-corrected chi connectivity index (χ3v) is 3.60. The third-order valence-electron chi connectivity index (χ3n) is 2.67. The summed E-state index contributed by atoms with van der Waals surface area (Å²) in [7, 11) is 0. The lowest BCUT2D eigenvalue weighted by Gasteiger charge is -2.31. The minimum Gasteiger partial charge on any atom is -0.467 e. The van der Waals surface area contributed by atoms with Gasteiger partial charge in [0, 0.05) is 6.04 Å². The average Bonchev–Trinajstić information content (AvgIpc) is 2.57. The molecule has 1 saturated carbocycles. The molecule has 1 aromatic heterocycles. The highest BCUT2D eigenvalue weighted by atomic mass is 32.1. The first kappa shape index (κ1) is 9.12. The molecule has 0 aliphatic heterocycles. The van der Waals surface area contributed by atoms with Gasteiger partial charge in [-0.1, -0.05) is 23.5 Å². The topological polar surface area (TPSA) is 48.1 Å². The standard InChI is InChI=1S/C11H12N2OS/c12-7-5-8(6-7)14-11-13-9-3-1-2-4-10(9)15-11/h1-4,7-8H,5-6,12H2. The second kappa shape index (κ2) is 3.47. The molecular formula is C11H12N2OS. The van der Waals surface area contributed by atoms with Crippen LogP contribution >= 0.6 is 11.3 Å². The van der Waals surface area contributed by atoms with Crippen molar-refractivity contribution in [3.05, 3.63) is 24.3 Å². The smallest absolute Gasteiger partial charge is 0.274 e. The van der Waals surface area contributed by atoms with Gasteiger partial charge >= 0.3 is 0 Å². The Bertz CT molecular complexity index is 443. The summed E-state index contributed by atoms with van der Waals surface area (Å²) >= 11 is 1.60. The Balaban J connectivity index is 1.80. The van der Waals surface area contributed by atoms with Crippen LogP contribution in [0.15, 0.2) is 24.3 Å². The molecule has 1 fully saturated rings. The SMILES string of the molecule is NC1CC(Oc2nc3ccccc3s2)C1. The third kappa shape index (κ3) is 1.70. The van der Waals surface area contributed by atoms with E-state index in [2.05, 4.69) is 11.1 Å². The maximum absolute atomic E-state index is 5.73. The summed E-state index contributed by atoms with van der Waals surface area (Å²) in [5.74, 6) is 0. The second-order valence-corrected chi connectivity index (χ2v) is 4.91. The minimum absolute atomic E-state index is 0.278. The molecule has 15 heavy (non-hydrogen) atoms. The molecule has 78 valence electrons. The van der Waals surface area contributed by atoms with Crippen molar-refractivity contribution in [1.82, 2.24) is 4.98 Å². The number of aromatic nitrogens is 1. The number of nitrogens with two attached hydrogens (primary N) is 1. The van der Waals surface area contributed by atoms with E-state index < -0.39 is 0 Å². The molecule has 2 aromatic rings. The van der Waals surface area contributed by atoms with Crippen LogP contribution in [0.25, 0.3) is 10.2 Å². The number of benzene rings is 1. The van der Waals surface area contributed by atoms with Gasteiger partial charge in [-0.25, -0.2) is 4.98 Å². The number of thiazole rings is 1. The van der Waals surface area contributed by atoms with Gasteiger partial charge in [-0.2, -0.15) is 0 Å². The van der Waals surface area contributed by atoms with Crippen LogP contribution in [0.5, 0.6) is 5.19 Å². The van der Waals surface area contributed by atoms with E-state index in [1.54, 1.807) is 11.3 Å². The average molecular weight is 220 g/mol. The van der Waals surface area contributed by atoms with Gasteiger partial charge in [0.1, 0.15) is 6.10 Å². The van der Waals surface area contributed by atoms with Crippen molar-refractivity contribution >= 4 is 21.6 Å². The first-order valence-electron chi connectivity index (χ1n) is 5.09. The predicted octanol–water partition coefficient (Wildman–Crippen LogP) is 2.16. The summed E-state index contributed by atoms with van der Waals surface area (Å²) in [5.41, 5.74) is 6.72. The Labute approximate surface area is 91.9 Å². The summed E-state index contributed by atoms with van der Waals surface area (Å²) < 4.78 is 6.91. The van der Waals surface area contributed by atoms with E-state index in [9.17, 15) is 0 Å². The first-order valence-corrected chi connectivity index (χ1v) is 5.91. The first-order chi connectivity index (χ1) is 7.31. The summed E-state index contributed by atoms with van der Waals surface area (Å²) in [6.45, 7) is 0. The quantitative estimate of drug-likeness (QED) is 0.843. The molecule has 1 aromatic carbocycles. The largest absolute Gasteiger partial charge is 0.467 e. The van der Waals surface area contributed by atoms with Crippen LogP contribution < -0.4 is 10.5 Å². The molecule has 1 aliphatic carbocycles. The molecule has 2 N–H and O–H groups in total. The van der Waals surface area contributed by atoms with Crippen molar-refractivity contribution in [3.63, 3.8) is 0 Å². The molecule has 3 nitrogen and oxygen atoms in total. The van der Waals surface area contributed by atoms with E-state index in [0.717, 1.165) is 23.6 Å². The molecule has 0 bridgehead atoms. The molecule has 0 amide bonds. The molecule has 3 rings (SSSR count). The number of rotatable bonds is 2. The van der Waals surface area contributed by atoms with Gasteiger partial charge in [0.05, 0.1) is 10.2 Å². The lowest BCUT2D eigenvalue weighted by molar-refractivity contribution is 0.101. The van der Waals surface area contributed by atoms with Crippen LogP contribution in [0.1, 0.15) is 12.8 Å². The van der Waals surface area contributed by atoms with Crippen molar-refractivity contribution in [3.8, 4) is 5.19 Å². The Morgan fingerprint density at radius 1 is 1.33 bits per heavy atom.